The van der Waals surface area contributed by atoms with E-state index in [1.54, 1.807) is 7.05 Å². The normalized spacial score (nSPS) is 26.7. The highest BCUT2D eigenvalue weighted by molar-refractivity contribution is 6.18. The summed E-state index contributed by atoms with van der Waals surface area (Å²) in [6, 6.07) is 0.415. The zero-order chi connectivity index (χ0) is 9.97. The lowest BCUT2D eigenvalue weighted by Crippen LogP contribution is -2.07. The molecule has 1 aromatic heterocycles. The van der Waals surface area contributed by atoms with Crippen molar-refractivity contribution in [1.82, 2.24) is 10.2 Å². The van der Waals surface area contributed by atoms with Gasteiger partial charge in [0.2, 0.25) is 5.89 Å². The lowest BCUT2D eigenvalue weighted by atomic mass is 10.2. The molecule has 14 heavy (non-hydrogen) atoms. The van der Waals surface area contributed by atoms with E-state index in [1.165, 1.54) is 0 Å². The molecule has 0 radical (unpaired) electrons. The summed E-state index contributed by atoms with van der Waals surface area (Å²) in [5.41, 5.74) is 0. The fraction of sp³-hybridized carbons (Fsp3) is 0.750. The number of anilines is 1. The summed E-state index contributed by atoms with van der Waals surface area (Å²) in [5.74, 6) is 1.05. The fourth-order valence-corrected chi connectivity index (χ4v) is 1.69. The number of hydrogen-bond acceptors (Lipinski definition) is 5. The highest BCUT2D eigenvalue weighted by Crippen LogP contribution is 2.32. The van der Waals surface area contributed by atoms with E-state index in [1.807, 2.05) is 0 Å². The number of halogens is 1. The molecule has 0 spiro atoms. The molecule has 78 valence electrons. The van der Waals surface area contributed by atoms with Gasteiger partial charge in [0.1, 0.15) is 6.10 Å². The van der Waals surface area contributed by atoms with Crippen LogP contribution in [0, 0.1) is 0 Å². The first-order valence-corrected chi connectivity index (χ1v) is 5.09. The minimum Gasteiger partial charge on any atom is -0.405 e. The third kappa shape index (κ3) is 1.83. The molecule has 0 unspecified atom stereocenters. The van der Waals surface area contributed by atoms with Crippen LogP contribution in [-0.4, -0.2) is 29.2 Å². The van der Waals surface area contributed by atoms with Crippen LogP contribution in [0.25, 0.3) is 0 Å². The maximum atomic E-state index is 5.69. The number of aromatic nitrogens is 2. The summed E-state index contributed by atoms with van der Waals surface area (Å²) in [6.07, 6.45) is 1.87. The van der Waals surface area contributed by atoms with E-state index >= 15 is 0 Å². The van der Waals surface area contributed by atoms with Gasteiger partial charge in [-0.15, -0.1) is 16.7 Å². The van der Waals surface area contributed by atoms with Crippen molar-refractivity contribution in [2.75, 3.05) is 18.2 Å². The standard InChI is InChI=1S/C8H12ClN3O2/c1-10-8-12-11-7(14-8)6-3-2-5(4-9)13-6/h5-6H,2-4H2,1H3,(H,10,12)/t5-,6+/m1/s1. The van der Waals surface area contributed by atoms with Crippen LogP contribution in [-0.2, 0) is 4.74 Å². The maximum absolute atomic E-state index is 5.69. The summed E-state index contributed by atoms with van der Waals surface area (Å²) < 4.78 is 10.9. The molecule has 5 nitrogen and oxygen atoms in total. The molecule has 1 aromatic rings. The van der Waals surface area contributed by atoms with Crippen molar-refractivity contribution in [1.29, 1.82) is 0 Å². The Kier molecular flexibility index (Phi) is 2.88. The Morgan fingerprint density at radius 2 is 2.36 bits per heavy atom. The first-order valence-electron chi connectivity index (χ1n) is 4.56. The van der Waals surface area contributed by atoms with Crippen LogP contribution >= 0.6 is 11.6 Å². The van der Waals surface area contributed by atoms with Gasteiger partial charge >= 0.3 is 6.01 Å². The molecule has 0 saturated carbocycles. The molecule has 6 heteroatoms. The Balaban J connectivity index is 2.02. The zero-order valence-electron chi connectivity index (χ0n) is 7.86. The van der Waals surface area contributed by atoms with Gasteiger partial charge in [0.25, 0.3) is 0 Å². The van der Waals surface area contributed by atoms with Gasteiger partial charge in [-0.2, -0.15) is 0 Å². The molecule has 2 atom stereocenters. The SMILES string of the molecule is CNc1nnc([C@@H]2CC[C@H](CCl)O2)o1. The summed E-state index contributed by atoms with van der Waals surface area (Å²) in [7, 11) is 1.73. The van der Waals surface area contributed by atoms with E-state index in [9.17, 15) is 0 Å². The van der Waals surface area contributed by atoms with Gasteiger partial charge in [-0.1, -0.05) is 5.10 Å². The monoisotopic (exact) mass is 217 g/mol. The summed E-state index contributed by atoms with van der Waals surface area (Å²) in [6.45, 7) is 0. The summed E-state index contributed by atoms with van der Waals surface area (Å²) >= 11 is 5.69. The van der Waals surface area contributed by atoms with Crippen molar-refractivity contribution < 1.29 is 9.15 Å². The molecule has 1 saturated heterocycles. The van der Waals surface area contributed by atoms with Crippen molar-refractivity contribution in [2.45, 2.75) is 25.0 Å². The number of alkyl halides is 1. The Labute approximate surface area is 86.8 Å². The molecule has 1 N–H and O–H groups in total. The van der Waals surface area contributed by atoms with Gasteiger partial charge in [-0.05, 0) is 12.8 Å². The maximum Gasteiger partial charge on any atom is 0.315 e. The van der Waals surface area contributed by atoms with E-state index in [4.69, 9.17) is 20.8 Å². The zero-order valence-corrected chi connectivity index (χ0v) is 8.62. The van der Waals surface area contributed by atoms with Crippen LogP contribution in [0.3, 0.4) is 0 Å². The third-order valence-electron chi connectivity index (χ3n) is 2.21. The van der Waals surface area contributed by atoms with E-state index in [0.29, 0.717) is 17.8 Å². The second kappa shape index (κ2) is 4.14. The van der Waals surface area contributed by atoms with Crippen LogP contribution in [0.5, 0.6) is 0 Å². The average molecular weight is 218 g/mol. The lowest BCUT2D eigenvalue weighted by Gasteiger charge is -2.06. The van der Waals surface area contributed by atoms with Gasteiger partial charge in [0.15, 0.2) is 0 Å². The van der Waals surface area contributed by atoms with Gasteiger partial charge in [-0.3, -0.25) is 0 Å². The lowest BCUT2D eigenvalue weighted by molar-refractivity contribution is 0.0412. The smallest absolute Gasteiger partial charge is 0.315 e. The Bertz CT molecular complexity index is 305. The van der Waals surface area contributed by atoms with Gasteiger partial charge in [-0.25, -0.2) is 0 Å². The fourth-order valence-electron chi connectivity index (χ4n) is 1.47. The molecule has 0 amide bonds. The van der Waals surface area contributed by atoms with Crippen LogP contribution < -0.4 is 5.32 Å². The largest absolute Gasteiger partial charge is 0.405 e. The van der Waals surface area contributed by atoms with Gasteiger partial charge in [0, 0.05) is 12.9 Å². The van der Waals surface area contributed by atoms with Crippen molar-refractivity contribution in [3.8, 4) is 0 Å². The Morgan fingerprint density at radius 1 is 1.50 bits per heavy atom. The number of rotatable bonds is 3. The van der Waals surface area contributed by atoms with Crippen LogP contribution in [0.1, 0.15) is 24.8 Å². The molecular formula is C8H12ClN3O2. The molecule has 0 aromatic carbocycles. The van der Waals surface area contributed by atoms with Crippen molar-refractivity contribution >= 4 is 17.6 Å². The van der Waals surface area contributed by atoms with E-state index in [-0.39, 0.29) is 12.2 Å². The van der Waals surface area contributed by atoms with Gasteiger partial charge in [0.05, 0.1) is 6.10 Å². The topological polar surface area (TPSA) is 60.2 Å². The molecule has 0 bridgehead atoms. The van der Waals surface area contributed by atoms with E-state index in [0.717, 1.165) is 12.8 Å². The molecule has 0 aliphatic carbocycles. The number of ether oxygens (including phenoxy) is 1. The first kappa shape index (κ1) is 9.73. The number of nitrogens with zero attached hydrogens (tertiary/aromatic N) is 2. The second-order valence-electron chi connectivity index (χ2n) is 3.17. The van der Waals surface area contributed by atoms with Crippen molar-refractivity contribution in [3.05, 3.63) is 5.89 Å². The first-order chi connectivity index (χ1) is 6.83. The van der Waals surface area contributed by atoms with Gasteiger partial charge < -0.3 is 14.5 Å². The van der Waals surface area contributed by atoms with Crippen molar-refractivity contribution in [2.24, 2.45) is 0 Å². The Morgan fingerprint density at radius 3 is 2.93 bits per heavy atom. The van der Waals surface area contributed by atoms with Crippen LogP contribution in [0.4, 0.5) is 6.01 Å². The minimum atomic E-state index is -0.0895. The Hall–Kier alpha value is -0.810. The summed E-state index contributed by atoms with van der Waals surface area (Å²) in [4.78, 5) is 0. The second-order valence-corrected chi connectivity index (χ2v) is 3.48. The molecule has 1 aliphatic rings. The summed E-state index contributed by atoms with van der Waals surface area (Å²) in [5, 5.41) is 10.5. The predicted molar refractivity (Wildman–Crippen MR) is 51.4 cm³/mol. The van der Waals surface area contributed by atoms with E-state index in [2.05, 4.69) is 15.5 Å². The average Bonchev–Trinajstić information content (AvgIpc) is 2.86. The molecule has 2 rings (SSSR count). The predicted octanol–water partition coefficient (Wildman–Crippen LogP) is 1.57. The van der Waals surface area contributed by atoms with E-state index < -0.39 is 0 Å². The molecular weight excluding hydrogens is 206 g/mol. The quantitative estimate of drug-likeness (QED) is 0.779. The molecule has 2 heterocycles. The number of hydrogen-bond donors (Lipinski definition) is 1. The number of nitrogens with one attached hydrogen (secondary N) is 1. The highest BCUT2D eigenvalue weighted by atomic mass is 35.5. The van der Waals surface area contributed by atoms with Crippen molar-refractivity contribution in [3.63, 3.8) is 0 Å². The molecule has 1 fully saturated rings. The van der Waals surface area contributed by atoms with Crippen LogP contribution in [0.15, 0.2) is 4.42 Å². The van der Waals surface area contributed by atoms with Crippen LogP contribution in [0.2, 0.25) is 0 Å². The highest BCUT2D eigenvalue weighted by Gasteiger charge is 2.29. The minimum absolute atomic E-state index is 0.0895. The third-order valence-corrected chi connectivity index (χ3v) is 2.55. The molecule has 1 aliphatic heterocycles.